The molecule has 7 nitrogen and oxygen atoms in total. The fourth-order valence-electron chi connectivity index (χ4n) is 6.63. The van der Waals surface area contributed by atoms with Gasteiger partial charge in [0.15, 0.2) is 0 Å². The normalized spacial score (nSPS) is 21.4. The van der Waals surface area contributed by atoms with Crippen molar-refractivity contribution >= 4 is 11.8 Å². The second-order valence-electron chi connectivity index (χ2n) is 11.5. The van der Waals surface area contributed by atoms with E-state index in [1.54, 1.807) is 18.6 Å². The van der Waals surface area contributed by atoms with Crippen LogP contribution in [0.4, 0.5) is 0 Å². The molecule has 38 heavy (non-hydrogen) atoms. The lowest BCUT2D eigenvalue weighted by molar-refractivity contribution is -0.138. The van der Waals surface area contributed by atoms with Crippen molar-refractivity contribution in [2.75, 3.05) is 32.8 Å². The second kappa shape index (κ2) is 12.7. The lowest BCUT2D eigenvalue weighted by Crippen LogP contribution is -2.51. The molecule has 0 N–H and O–H groups in total. The van der Waals surface area contributed by atoms with Gasteiger partial charge in [-0.05, 0) is 62.0 Å². The number of hydrogen-bond donors (Lipinski definition) is 0. The number of carbonyl (C=O) groups excluding carboxylic acids is 2. The highest BCUT2D eigenvalue weighted by molar-refractivity contribution is 5.92. The number of piperidine rings is 1. The fourth-order valence-corrected chi connectivity index (χ4v) is 6.63. The third kappa shape index (κ3) is 6.54. The average Bonchev–Trinajstić information content (AvgIpc) is 3.25. The number of rotatable bonds is 2. The minimum Gasteiger partial charge on any atom is -0.491 e. The van der Waals surface area contributed by atoms with Gasteiger partial charge in [-0.2, -0.15) is 0 Å². The van der Waals surface area contributed by atoms with E-state index in [1.807, 2.05) is 17.0 Å². The number of aromatic nitrogens is 2. The molecular weight excluding hydrogens is 476 g/mol. The largest absolute Gasteiger partial charge is 0.491 e. The predicted molar refractivity (Wildman–Crippen MR) is 147 cm³/mol. The van der Waals surface area contributed by atoms with Gasteiger partial charge in [-0.15, -0.1) is 0 Å². The Kier molecular flexibility index (Phi) is 8.92. The molecule has 5 rings (SSSR count). The first kappa shape index (κ1) is 26.6. The number of benzene rings is 1. The lowest BCUT2D eigenvalue weighted by Gasteiger charge is -2.45. The molecule has 2 amide bonds. The highest BCUT2D eigenvalue weighted by Crippen LogP contribution is 2.39. The van der Waals surface area contributed by atoms with Crippen molar-refractivity contribution in [3.05, 3.63) is 54.1 Å². The summed E-state index contributed by atoms with van der Waals surface area (Å²) in [5.41, 5.74) is 1.60. The molecule has 1 spiro atoms. The Bertz CT molecular complexity index is 1060. The summed E-state index contributed by atoms with van der Waals surface area (Å²) in [6.07, 6.45) is 17.8. The van der Waals surface area contributed by atoms with Crippen LogP contribution in [0, 0.1) is 11.3 Å². The maximum Gasteiger partial charge on any atom is 0.274 e. The van der Waals surface area contributed by atoms with Gasteiger partial charge in [-0.25, -0.2) is 4.98 Å². The van der Waals surface area contributed by atoms with Crippen molar-refractivity contribution in [3.63, 3.8) is 0 Å². The molecule has 3 aliphatic rings. The van der Waals surface area contributed by atoms with Crippen LogP contribution in [0.5, 0.6) is 5.75 Å². The van der Waals surface area contributed by atoms with Crippen LogP contribution in [-0.4, -0.2) is 64.4 Å². The van der Waals surface area contributed by atoms with Gasteiger partial charge in [0.25, 0.3) is 5.91 Å². The Labute approximate surface area is 227 Å². The molecule has 1 aliphatic carbocycles. The highest BCUT2D eigenvalue weighted by Gasteiger charge is 2.39. The van der Waals surface area contributed by atoms with E-state index >= 15 is 0 Å². The zero-order valence-corrected chi connectivity index (χ0v) is 22.7. The van der Waals surface area contributed by atoms with Crippen LogP contribution < -0.4 is 4.74 Å². The first-order chi connectivity index (χ1) is 18.6. The van der Waals surface area contributed by atoms with Gasteiger partial charge in [0.1, 0.15) is 18.1 Å². The topological polar surface area (TPSA) is 75.6 Å². The zero-order chi connectivity index (χ0) is 26.2. The Balaban J connectivity index is 1.33. The van der Waals surface area contributed by atoms with E-state index in [0.29, 0.717) is 31.3 Å². The molecule has 3 heterocycles. The summed E-state index contributed by atoms with van der Waals surface area (Å²) in [6, 6.07) is 8.25. The minimum atomic E-state index is -0.0941. The molecule has 1 saturated carbocycles. The van der Waals surface area contributed by atoms with E-state index in [9.17, 15) is 9.59 Å². The van der Waals surface area contributed by atoms with Crippen LogP contribution >= 0.6 is 0 Å². The molecule has 0 unspecified atom stereocenters. The number of amides is 2. The number of nitrogens with zero attached hydrogens (tertiary/aromatic N) is 4. The van der Waals surface area contributed by atoms with Gasteiger partial charge in [-0.3, -0.25) is 14.6 Å². The average molecular weight is 519 g/mol. The molecule has 1 aromatic carbocycles. The maximum absolute atomic E-state index is 13.6. The maximum atomic E-state index is 13.6. The molecule has 0 bridgehead atoms. The zero-order valence-electron chi connectivity index (χ0n) is 22.7. The predicted octanol–water partition coefficient (Wildman–Crippen LogP) is 5.30. The van der Waals surface area contributed by atoms with E-state index < -0.39 is 0 Å². The van der Waals surface area contributed by atoms with Crippen LogP contribution in [0.25, 0.3) is 0 Å². The van der Waals surface area contributed by atoms with E-state index in [-0.39, 0.29) is 17.2 Å². The summed E-state index contributed by atoms with van der Waals surface area (Å²) < 4.78 is 6.20. The number of ether oxygens (including phenoxy) is 1. The van der Waals surface area contributed by atoms with Crippen LogP contribution in [0.1, 0.15) is 86.7 Å². The van der Waals surface area contributed by atoms with Crippen LogP contribution in [0.2, 0.25) is 0 Å². The van der Waals surface area contributed by atoms with Crippen molar-refractivity contribution in [2.24, 2.45) is 11.3 Å². The molecular formula is C31H42N4O3. The van der Waals surface area contributed by atoms with Crippen molar-refractivity contribution in [2.45, 2.75) is 77.0 Å². The number of hydrogen-bond acceptors (Lipinski definition) is 5. The smallest absolute Gasteiger partial charge is 0.274 e. The first-order valence-corrected chi connectivity index (χ1v) is 14.7. The van der Waals surface area contributed by atoms with Gasteiger partial charge < -0.3 is 14.5 Å². The third-order valence-electron chi connectivity index (χ3n) is 8.93. The van der Waals surface area contributed by atoms with Crippen LogP contribution in [0.15, 0.2) is 42.9 Å². The Morgan fingerprint density at radius 2 is 1.66 bits per heavy atom. The van der Waals surface area contributed by atoms with Gasteiger partial charge >= 0.3 is 0 Å². The summed E-state index contributed by atoms with van der Waals surface area (Å²) in [5, 5.41) is 0. The molecule has 1 saturated heterocycles. The van der Waals surface area contributed by atoms with Crippen LogP contribution in [0.3, 0.4) is 0 Å². The molecule has 2 aliphatic heterocycles. The van der Waals surface area contributed by atoms with Gasteiger partial charge in [0, 0.05) is 37.9 Å². The second-order valence-corrected chi connectivity index (χ2v) is 11.5. The molecule has 0 radical (unpaired) electrons. The molecule has 0 atom stereocenters. The summed E-state index contributed by atoms with van der Waals surface area (Å²) in [7, 11) is 0. The van der Waals surface area contributed by atoms with Crippen LogP contribution in [-0.2, 0) is 11.2 Å². The standard InChI is InChI=1S/C31H42N4O3/c36-29(26-11-3-1-2-4-12-26)34-19-15-31(16-20-34)14-8-7-10-25-9-5-6-13-28(25)38-22-21-35(24-31)30(37)27-23-32-17-18-33-27/h5-6,9,13,17-18,23,26H,1-4,7-8,10-12,14-16,19-22,24H2. The summed E-state index contributed by atoms with van der Waals surface area (Å²) >= 11 is 0. The summed E-state index contributed by atoms with van der Waals surface area (Å²) in [6.45, 7) is 3.18. The summed E-state index contributed by atoms with van der Waals surface area (Å²) in [4.78, 5) is 39.5. The number of carbonyl (C=O) groups is 2. The Morgan fingerprint density at radius 3 is 2.42 bits per heavy atom. The monoisotopic (exact) mass is 518 g/mol. The SMILES string of the molecule is O=C(c1cnccn1)N1CCOc2ccccc2CCCCC2(CCN(C(=O)C3CCCCCC3)CC2)C1. The van der Waals surface area contributed by atoms with Crippen molar-refractivity contribution in [1.82, 2.24) is 19.8 Å². The van der Waals surface area contributed by atoms with E-state index in [0.717, 1.165) is 70.2 Å². The van der Waals surface area contributed by atoms with Gasteiger partial charge in [0.2, 0.25) is 5.91 Å². The van der Waals surface area contributed by atoms with E-state index in [4.69, 9.17) is 4.74 Å². The van der Waals surface area contributed by atoms with Gasteiger partial charge in [0.05, 0.1) is 12.7 Å². The third-order valence-corrected chi connectivity index (χ3v) is 8.93. The van der Waals surface area contributed by atoms with Gasteiger partial charge in [-0.1, -0.05) is 50.3 Å². The first-order valence-electron chi connectivity index (χ1n) is 14.7. The van der Waals surface area contributed by atoms with Crippen molar-refractivity contribution in [1.29, 1.82) is 0 Å². The number of aryl methyl sites for hydroxylation is 1. The Hall–Kier alpha value is -2.96. The van der Waals surface area contributed by atoms with Crippen molar-refractivity contribution in [3.8, 4) is 5.75 Å². The van der Waals surface area contributed by atoms with Crippen molar-refractivity contribution < 1.29 is 14.3 Å². The quantitative estimate of drug-likeness (QED) is 0.504. The molecule has 1 aromatic heterocycles. The van der Waals surface area contributed by atoms with E-state index in [2.05, 4.69) is 27.0 Å². The number of para-hydroxylation sites is 1. The molecule has 2 fully saturated rings. The lowest BCUT2D eigenvalue weighted by atomic mass is 9.73. The molecule has 2 aromatic rings. The van der Waals surface area contributed by atoms with E-state index in [1.165, 1.54) is 31.2 Å². The molecule has 204 valence electrons. The number of fused-ring (bicyclic) bond motifs is 1. The fraction of sp³-hybridized carbons (Fsp3) is 0.613. The Morgan fingerprint density at radius 1 is 0.868 bits per heavy atom. The highest BCUT2D eigenvalue weighted by atomic mass is 16.5. The minimum absolute atomic E-state index is 0.00316. The molecule has 7 heteroatoms. The summed E-state index contributed by atoms with van der Waals surface area (Å²) in [5.74, 6) is 1.39. The number of likely N-dealkylation sites (tertiary alicyclic amines) is 1.